The molecule has 1 heterocycles. The maximum atomic E-state index is 12.8. The van der Waals surface area contributed by atoms with Crippen LogP contribution in [0.4, 0.5) is 0 Å². The number of fused-ring (bicyclic) bond motifs is 1. The highest BCUT2D eigenvalue weighted by atomic mass is 16.2. The highest BCUT2D eigenvalue weighted by molar-refractivity contribution is 5.99. The lowest BCUT2D eigenvalue weighted by molar-refractivity contribution is 0.0676. The lowest BCUT2D eigenvalue weighted by Gasteiger charge is -2.27. The minimum atomic E-state index is -0.0299. The van der Waals surface area contributed by atoms with Gasteiger partial charge in [0.2, 0.25) is 0 Å². The summed E-state index contributed by atoms with van der Waals surface area (Å²) >= 11 is 0. The number of hydrogen-bond acceptors (Lipinski definition) is 2. The van der Waals surface area contributed by atoms with Crippen molar-refractivity contribution in [1.29, 1.82) is 0 Å². The molecule has 0 saturated carbocycles. The molecule has 1 amide bonds. The largest absolute Gasteiger partial charge is 0.315 e. The van der Waals surface area contributed by atoms with Gasteiger partial charge >= 0.3 is 0 Å². The van der Waals surface area contributed by atoms with Crippen LogP contribution in [0.1, 0.15) is 47.9 Å². The fraction of sp³-hybridized carbons (Fsp3) is 0.350. The Balaban J connectivity index is 1.82. The summed E-state index contributed by atoms with van der Waals surface area (Å²) in [5.41, 5.74) is 3.08. The molecule has 2 aromatic rings. The van der Waals surface area contributed by atoms with Crippen molar-refractivity contribution in [3.8, 4) is 0 Å². The van der Waals surface area contributed by atoms with Crippen LogP contribution in [0.3, 0.4) is 0 Å². The van der Waals surface area contributed by atoms with Crippen molar-refractivity contribution >= 4 is 5.91 Å². The Labute approximate surface area is 138 Å². The molecule has 3 nitrogen and oxygen atoms in total. The van der Waals surface area contributed by atoms with Gasteiger partial charge in [0.1, 0.15) is 6.17 Å². The summed E-state index contributed by atoms with van der Waals surface area (Å²) in [6, 6.07) is 18.1. The zero-order valence-electron chi connectivity index (χ0n) is 13.8. The molecule has 3 rings (SSSR count). The molecule has 0 spiro atoms. The lowest BCUT2D eigenvalue weighted by atomic mass is 10.1. The Morgan fingerprint density at radius 1 is 1.04 bits per heavy atom. The molecule has 0 radical (unpaired) electrons. The van der Waals surface area contributed by atoms with E-state index >= 15 is 0 Å². The van der Waals surface area contributed by atoms with E-state index in [4.69, 9.17) is 0 Å². The fourth-order valence-corrected chi connectivity index (χ4v) is 3.04. The number of carbonyl (C=O) groups is 1. The predicted octanol–water partition coefficient (Wildman–Crippen LogP) is 3.98. The van der Waals surface area contributed by atoms with Gasteiger partial charge in [0.15, 0.2) is 0 Å². The molecule has 0 unspecified atom stereocenters. The number of rotatable bonds is 6. The first-order valence-corrected chi connectivity index (χ1v) is 8.34. The third-order valence-electron chi connectivity index (χ3n) is 4.31. The normalized spacial score (nSPS) is 16.9. The van der Waals surface area contributed by atoms with Crippen LogP contribution >= 0.6 is 0 Å². The molecule has 3 heteroatoms. The molecule has 1 aliphatic rings. The van der Waals surface area contributed by atoms with Crippen molar-refractivity contribution in [3.63, 3.8) is 0 Å². The van der Waals surface area contributed by atoms with Gasteiger partial charge in [-0.2, -0.15) is 0 Å². The Morgan fingerprint density at radius 3 is 2.48 bits per heavy atom. The molecular formula is C20H24N2O. The van der Waals surface area contributed by atoms with Crippen LogP contribution in [0, 0.1) is 5.92 Å². The Hall–Kier alpha value is -2.13. The smallest absolute Gasteiger partial charge is 0.256 e. The zero-order valence-corrected chi connectivity index (χ0v) is 13.8. The van der Waals surface area contributed by atoms with Crippen LogP contribution < -0.4 is 5.32 Å². The van der Waals surface area contributed by atoms with Gasteiger partial charge in [-0.05, 0) is 30.5 Å². The van der Waals surface area contributed by atoms with Gasteiger partial charge in [0, 0.05) is 17.7 Å². The van der Waals surface area contributed by atoms with Crippen molar-refractivity contribution in [2.75, 3.05) is 6.54 Å². The van der Waals surface area contributed by atoms with E-state index in [-0.39, 0.29) is 12.1 Å². The second-order valence-corrected chi connectivity index (χ2v) is 6.55. The van der Waals surface area contributed by atoms with Gasteiger partial charge in [-0.3, -0.25) is 10.1 Å². The zero-order chi connectivity index (χ0) is 16.2. The van der Waals surface area contributed by atoms with E-state index in [0.29, 0.717) is 12.5 Å². The van der Waals surface area contributed by atoms with Crippen molar-refractivity contribution < 1.29 is 4.79 Å². The van der Waals surface area contributed by atoms with E-state index in [9.17, 15) is 4.79 Å². The topological polar surface area (TPSA) is 32.3 Å². The standard InChI is InChI=1S/C20H24N2O/c1-15(2)12-13-21-19-17-10-6-7-11-18(17)20(23)22(19)14-16-8-4-3-5-9-16/h3-11,15,19,21H,12-14H2,1-2H3/t19-/m1/s1. The number of nitrogens with zero attached hydrogens (tertiary/aromatic N) is 1. The van der Waals surface area contributed by atoms with Crippen molar-refractivity contribution in [3.05, 3.63) is 71.3 Å². The molecule has 23 heavy (non-hydrogen) atoms. The summed E-state index contributed by atoms with van der Waals surface area (Å²) in [5, 5.41) is 3.57. The molecule has 120 valence electrons. The van der Waals surface area contributed by atoms with Crippen LogP contribution in [0.5, 0.6) is 0 Å². The number of nitrogens with one attached hydrogen (secondary N) is 1. The quantitative estimate of drug-likeness (QED) is 0.875. The van der Waals surface area contributed by atoms with E-state index in [1.165, 1.54) is 0 Å². The third kappa shape index (κ3) is 3.45. The number of amides is 1. The monoisotopic (exact) mass is 308 g/mol. The summed E-state index contributed by atoms with van der Waals surface area (Å²) < 4.78 is 0. The van der Waals surface area contributed by atoms with E-state index in [1.807, 2.05) is 41.3 Å². The molecule has 0 bridgehead atoms. The van der Waals surface area contributed by atoms with Crippen LogP contribution in [0.2, 0.25) is 0 Å². The van der Waals surface area contributed by atoms with Crippen molar-refractivity contribution in [2.24, 2.45) is 5.92 Å². The van der Waals surface area contributed by atoms with Crippen LogP contribution in [0.25, 0.3) is 0 Å². The van der Waals surface area contributed by atoms with Gasteiger partial charge in [0.25, 0.3) is 5.91 Å². The Morgan fingerprint density at radius 2 is 1.74 bits per heavy atom. The molecule has 1 N–H and O–H groups in total. The van der Waals surface area contributed by atoms with Crippen LogP contribution in [-0.2, 0) is 6.54 Å². The second-order valence-electron chi connectivity index (χ2n) is 6.55. The fourth-order valence-electron chi connectivity index (χ4n) is 3.04. The predicted molar refractivity (Wildman–Crippen MR) is 93.0 cm³/mol. The van der Waals surface area contributed by atoms with Crippen molar-refractivity contribution in [1.82, 2.24) is 10.2 Å². The second kappa shape index (κ2) is 6.97. The third-order valence-corrected chi connectivity index (χ3v) is 4.31. The van der Waals surface area contributed by atoms with Gasteiger partial charge in [-0.15, -0.1) is 0 Å². The number of carbonyl (C=O) groups excluding carboxylic acids is 1. The summed E-state index contributed by atoms with van der Waals surface area (Å²) in [6.45, 7) is 5.98. The first kappa shape index (κ1) is 15.8. The number of hydrogen-bond donors (Lipinski definition) is 1. The molecule has 0 saturated heterocycles. The first-order chi connectivity index (χ1) is 11.2. The van der Waals surface area contributed by atoms with E-state index in [2.05, 4.69) is 37.4 Å². The molecule has 0 aromatic heterocycles. The lowest BCUT2D eigenvalue weighted by Crippen LogP contribution is -2.37. The van der Waals surface area contributed by atoms with Gasteiger partial charge in [-0.1, -0.05) is 62.4 Å². The van der Waals surface area contributed by atoms with Gasteiger partial charge in [-0.25, -0.2) is 0 Å². The van der Waals surface area contributed by atoms with Crippen LogP contribution in [-0.4, -0.2) is 17.4 Å². The maximum Gasteiger partial charge on any atom is 0.256 e. The van der Waals surface area contributed by atoms with Crippen molar-refractivity contribution in [2.45, 2.75) is 33.0 Å². The average molecular weight is 308 g/mol. The van der Waals surface area contributed by atoms with E-state index < -0.39 is 0 Å². The Bertz CT molecular complexity index is 666. The highest BCUT2D eigenvalue weighted by Gasteiger charge is 2.35. The number of benzene rings is 2. The molecular weight excluding hydrogens is 284 g/mol. The molecule has 2 aromatic carbocycles. The highest BCUT2D eigenvalue weighted by Crippen LogP contribution is 2.32. The average Bonchev–Trinajstić information content (AvgIpc) is 2.82. The SMILES string of the molecule is CC(C)CCN[C@H]1c2ccccc2C(=O)N1Cc1ccccc1. The molecule has 0 aliphatic carbocycles. The minimum absolute atomic E-state index is 0.0299. The molecule has 0 fully saturated rings. The molecule has 1 aliphatic heterocycles. The summed E-state index contributed by atoms with van der Waals surface area (Å²) in [5.74, 6) is 0.768. The summed E-state index contributed by atoms with van der Waals surface area (Å²) in [6.07, 6.45) is 1.07. The first-order valence-electron chi connectivity index (χ1n) is 8.34. The van der Waals surface area contributed by atoms with E-state index in [1.54, 1.807) is 0 Å². The minimum Gasteiger partial charge on any atom is -0.315 e. The van der Waals surface area contributed by atoms with Crippen LogP contribution in [0.15, 0.2) is 54.6 Å². The van der Waals surface area contributed by atoms with E-state index in [0.717, 1.165) is 29.7 Å². The van der Waals surface area contributed by atoms with Gasteiger partial charge in [0.05, 0.1) is 0 Å². The maximum absolute atomic E-state index is 12.8. The summed E-state index contributed by atoms with van der Waals surface area (Å²) in [4.78, 5) is 14.7. The summed E-state index contributed by atoms with van der Waals surface area (Å²) in [7, 11) is 0. The Kier molecular flexibility index (Phi) is 4.77. The molecule has 1 atom stereocenters. The van der Waals surface area contributed by atoms with Gasteiger partial charge < -0.3 is 4.90 Å².